The molecule has 1 amide bonds. The number of carbonyl (C=O) groups excluding carboxylic acids is 1. The van der Waals surface area contributed by atoms with Crippen molar-refractivity contribution in [2.24, 2.45) is 4.99 Å². The number of aromatic nitrogens is 2. The van der Waals surface area contributed by atoms with Gasteiger partial charge in [0.25, 0.3) is 0 Å². The quantitative estimate of drug-likeness (QED) is 0.522. The summed E-state index contributed by atoms with van der Waals surface area (Å²) in [6.45, 7) is 8.51. The fourth-order valence-electron chi connectivity index (χ4n) is 3.54. The number of aliphatic imine (C=N–C) groups is 1. The molecular weight excluding hydrogens is 390 g/mol. The Morgan fingerprint density at radius 2 is 1.77 bits per heavy atom. The van der Waals surface area contributed by atoms with Crippen LogP contribution in [0.5, 0.6) is 0 Å². The van der Waals surface area contributed by atoms with Gasteiger partial charge in [-0.05, 0) is 24.5 Å². The maximum absolute atomic E-state index is 12.6. The second kappa shape index (κ2) is 11.3. The Morgan fingerprint density at radius 3 is 2.42 bits per heavy atom. The zero-order valence-electron chi connectivity index (χ0n) is 18.7. The highest BCUT2D eigenvalue weighted by Crippen LogP contribution is 2.14. The number of rotatable bonds is 7. The molecule has 2 heterocycles. The molecule has 0 radical (unpaired) electrons. The summed E-state index contributed by atoms with van der Waals surface area (Å²) in [5, 5.41) is 6.60. The third kappa shape index (κ3) is 6.67. The van der Waals surface area contributed by atoms with Gasteiger partial charge in [0, 0.05) is 65.1 Å². The summed E-state index contributed by atoms with van der Waals surface area (Å²) in [6, 6.07) is 10.4. The minimum absolute atomic E-state index is 0.157. The van der Waals surface area contributed by atoms with Crippen molar-refractivity contribution in [1.29, 1.82) is 0 Å². The fraction of sp³-hybridized carbons (Fsp3) is 0.478. The smallest absolute Gasteiger partial charge is 0.225 e. The van der Waals surface area contributed by atoms with E-state index in [0.717, 1.165) is 31.5 Å². The minimum atomic E-state index is 0.157. The highest BCUT2D eigenvalue weighted by atomic mass is 16.2. The number of carbonyl (C=O) groups is 1. The Hall–Kier alpha value is -3.16. The van der Waals surface area contributed by atoms with Gasteiger partial charge in [-0.15, -0.1) is 0 Å². The van der Waals surface area contributed by atoms with Crippen molar-refractivity contribution in [3.05, 3.63) is 53.9 Å². The van der Waals surface area contributed by atoms with Crippen molar-refractivity contribution >= 4 is 17.8 Å². The van der Waals surface area contributed by atoms with E-state index in [4.69, 9.17) is 0 Å². The van der Waals surface area contributed by atoms with Crippen LogP contribution in [0.1, 0.15) is 30.4 Å². The molecule has 3 rings (SSSR count). The Morgan fingerprint density at radius 1 is 1.10 bits per heavy atom. The van der Waals surface area contributed by atoms with E-state index in [9.17, 15) is 4.79 Å². The maximum Gasteiger partial charge on any atom is 0.225 e. The van der Waals surface area contributed by atoms with Gasteiger partial charge in [-0.2, -0.15) is 0 Å². The monoisotopic (exact) mass is 423 g/mol. The Bertz CT molecular complexity index is 846. The van der Waals surface area contributed by atoms with Crippen LogP contribution >= 0.6 is 0 Å². The SMILES string of the molecule is CN=C(NCCC(=O)N1CCN(c2ncccn2)CC1)NCC(C)c1ccc(C)cc1. The van der Waals surface area contributed by atoms with Crippen LogP contribution in [0.2, 0.25) is 0 Å². The molecule has 1 aromatic heterocycles. The number of nitrogens with one attached hydrogen (secondary N) is 2. The first-order valence-corrected chi connectivity index (χ1v) is 10.9. The fourth-order valence-corrected chi connectivity index (χ4v) is 3.54. The number of piperazine rings is 1. The molecule has 1 unspecified atom stereocenters. The van der Waals surface area contributed by atoms with Crippen molar-refractivity contribution in [2.75, 3.05) is 51.2 Å². The second-order valence-corrected chi connectivity index (χ2v) is 7.86. The summed E-state index contributed by atoms with van der Waals surface area (Å²) >= 11 is 0. The van der Waals surface area contributed by atoms with Gasteiger partial charge in [0.1, 0.15) is 0 Å². The molecular formula is C23H33N7O. The van der Waals surface area contributed by atoms with Crippen molar-refractivity contribution in [3.8, 4) is 0 Å². The van der Waals surface area contributed by atoms with E-state index in [0.29, 0.717) is 32.0 Å². The number of hydrogen-bond acceptors (Lipinski definition) is 5. The lowest BCUT2D eigenvalue weighted by Gasteiger charge is -2.34. The molecule has 2 aromatic rings. The number of benzene rings is 1. The average molecular weight is 424 g/mol. The maximum atomic E-state index is 12.6. The number of nitrogens with zero attached hydrogens (tertiary/aromatic N) is 5. The summed E-state index contributed by atoms with van der Waals surface area (Å²) < 4.78 is 0. The Kier molecular flexibility index (Phi) is 8.20. The van der Waals surface area contributed by atoms with E-state index >= 15 is 0 Å². The summed E-state index contributed by atoms with van der Waals surface area (Å²) in [4.78, 5) is 29.4. The van der Waals surface area contributed by atoms with Gasteiger partial charge in [-0.3, -0.25) is 9.79 Å². The van der Waals surface area contributed by atoms with Gasteiger partial charge in [0.05, 0.1) is 0 Å². The van der Waals surface area contributed by atoms with Crippen LogP contribution in [0.25, 0.3) is 0 Å². The first-order chi connectivity index (χ1) is 15.1. The number of amides is 1. The minimum Gasteiger partial charge on any atom is -0.356 e. The highest BCUT2D eigenvalue weighted by molar-refractivity contribution is 5.81. The molecule has 1 fully saturated rings. The molecule has 1 aromatic carbocycles. The van der Waals surface area contributed by atoms with Crippen LogP contribution in [0.4, 0.5) is 5.95 Å². The van der Waals surface area contributed by atoms with E-state index in [1.807, 2.05) is 11.0 Å². The van der Waals surface area contributed by atoms with Crippen LogP contribution in [0.15, 0.2) is 47.7 Å². The summed E-state index contributed by atoms with van der Waals surface area (Å²) in [6.07, 6.45) is 3.93. The summed E-state index contributed by atoms with van der Waals surface area (Å²) in [7, 11) is 1.75. The lowest BCUT2D eigenvalue weighted by atomic mass is 10.0. The number of aryl methyl sites for hydroxylation is 1. The zero-order chi connectivity index (χ0) is 22.1. The standard InChI is InChI=1S/C23H33N7O/c1-18-5-7-20(8-6-18)19(2)17-28-22(24-3)25-12-9-21(31)29-13-15-30(16-14-29)23-26-10-4-11-27-23/h4-8,10-11,19H,9,12-17H2,1-3H3,(H2,24,25,28). The average Bonchev–Trinajstić information content (AvgIpc) is 2.82. The lowest BCUT2D eigenvalue weighted by Crippen LogP contribution is -2.50. The van der Waals surface area contributed by atoms with Gasteiger partial charge in [-0.25, -0.2) is 9.97 Å². The summed E-state index contributed by atoms with van der Waals surface area (Å²) in [5.41, 5.74) is 2.56. The zero-order valence-corrected chi connectivity index (χ0v) is 18.7. The van der Waals surface area contributed by atoms with Crippen molar-refractivity contribution < 1.29 is 4.79 Å². The molecule has 1 aliphatic heterocycles. The number of anilines is 1. The van der Waals surface area contributed by atoms with Gasteiger partial charge >= 0.3 is 0 Å². The molecule has 0 aliphatic carbocycles. The van der Waals surface area contributed by atoms with E-state index in [1.165, 1.54) is 11.1 Å². The third-order valence-corrected chi connectivity index (χ3v) is 5.54. The molecule has 1 aliphatic rings. The molecule has 0 saturated carbocycles. The molecule has 1 atom stereocenters. The number of guanidine groups is 1. The van der Waals surface area contributed by atoms with Crippen molar-refractivity contribution in [3.63, 3.8) is 0 Å². The summed E-state index contributed by atoms with van der Waals surface area (Å²) in [5.74, 6) is 1.97. The van der Waals surface area contributed by atoms with Crippen LogP contribution in [-0.4, -0.2) is 73.1 Å². The Labute approximate surface area is 184 Å². The van der Waals surface area contributed by atoms with Crippen molar-refractivity contribution in [1.82, 2.24) is 25.5 Å². The molecule has 2 N–H and O–H groups in total. The predicted molar refractivity (Wildman–Crippen MR) is 124 cm³/mol. The van der Waals surface area contributed by atoms with Crippen LogP contribution < -0.4 is 15.5 Å². The van der Waals surface area contributed by atoms with E-state index in [-0.39, 0.29) is 5.91 Å². The van der Waals surface area contributed by atoms with E-state index in [2.05, 4.69) is 68.6 Å². The molecule has 31 heavy (non-hydrogen) atoms. The van der Waals surface area contributed by atoms with Crippen LogP contribution in [-0.2, 0) is 4.79 Å². The first kappa shape index (κ1) is 22.5. The Balaban J connectivity index is 1.36. The van der Waals surface area contributed by atoms with Gasteiger partial charge in [0.2, 0.25) is 11.9 Å². The van der Waals surface area contributed by atoms with E-state index < -0.39 is 0 Å². The van der Waals surface area contributed by atoms with Crippen LogP contribution in [0.3, 0.4) is 0 Å². The normalized spacial score (nSPS) is 15.5. The highest BCUT2D eigenvalue weighted by Gasteiger charge is 2.22. The first-order valence-electron chi connectivity index (χ1n) is 10.9. The van der Waals surface area contributed by atoms with Crippen molar-refractivity contribution in [2.45, 2.75) is 26.2 Å². The van der Waals surface area contributed by atoms with E-state index in [1.54, 1.807) is 19.4 Å². The molecule has 8 heteroatoms. The molecule has 166 valence electrons. The predicted octanol–water partition coefficient (Wildman–Crippen LogP) is 1.79. The largest absolute Gasteiger partial charge is 0.356 e. The molecule has 1 saturated heterocycles. The second-order valence-electron chi connectivity index (χ2n) is 7.86. The van der Waals surface area contributed by atoms with Gasteiger partial charge < -0.3 is 20.4 Å². The third-order valence-electron chi connectivity index (χ3n) is 5.54. The lowest BCUT2D eigenvalue weighted by molar-refractivity contribution is -0.131. The molecule has 0 bridgehead atoms. The number of hydrogen-bond donors (Lipinski definition) is 2. The van der Waals surface area contributed by atoms with Crippen LogP contribution in [0, 0.1) is 6.92 Å². The molecule has 0 spiro atoms. The molecule has 8 nitrogen and oxygen atoms in total. The van der Waals surface area contributed by atoms with Gasteiger partial charge in [0.15, 0.2) is 5.96 Å². The van der Waals surface area contributed by atoms with Gasteiger partial charge in [-0.1, -0.05) is 36.8 Å². The topological polar surface area (TPSA) is 85.8 Å².